The lowest BCUT2D eigenvalue weighted by atomic mass is 9.91. The summed E-state index contributed by atoms with van der Waals surface area (Å²) in [6.07, 6.45) is -0.278. The fourth-order valence-corrected chi connectivity index (χ4v) is 2.04. The smallest absolute Gasteiger partial charge is 0.132 e. The molecule has 3 N–H and O–H groups in total. The van der Waals surface area contributed by atoms with Crippen molar-refractivity contribution >= 4 is 28.3 Å². The molecule has 0 saturated carbocycles. The molecule has 0 heterocycles. The Hall–Kier alpha value is -0.230. The molecule has 0 aromatic heterocycles. The summed E-state index contributed by atoms with van der Waals surface area (Å²) < 4.78 is 27.6. The molecule has 3 atom stereocenters. The van der Waals surface area contributed by atoms with Crippen molar-refractivity contribution in [3.05, 3.63) is 33.8 Å². The highest BCUT2D eigenvalue weighted by Gasteiger charge is 2.27. The van der Waals surface area contributed by atoms with E-state index < -0.39 is 23.8 Å². The highest BCUT2D eigenvalue weighted by atomic mass is 79.9. The number of hydrogen-bond acceptors (Lipinski definition) is 2. The standard InChI is InChI=1S/C12H16BrF2NO.ClH/c1-3-6(2)12(17)11(16)10-8(14)4-7(13)5-9(10)15;/h4-6,11-12,17H,3,16H2,1-2H3;1H/t6?,11-,12+;/m1./s1. The van der Waals surface area contributed by atoms with Gasteiger partial charge in [-0.2, -0.15) is 0 Å². The molecule has 1 aromatic rings. The largest absolute Gasteiger partial charge is 0.391 e. The molecule has 0 amide bonds. The minimum atomic E-state index is -1.06. The Morgan fingerprint density at radius 1 is 1.33 bits per heavy atom. The van der Waals surface area contributed by atoms with Crippen molar-refractivity contribution in [3.8, 4) is 0 Å². The fourth-order valence-electron chi connectivity index (χ4n) is 1.64. The monoisotopic (exact) mass is 343 g/mol. The van der Waals surface area contributed by atoms with Gasteiger partial charge in [0.1, 0.15) is 11.6 Å². The first-order chi connectivity index (χ1) is 7.88. The summed E-state index contributed by atoms with van der Waals surface area (Å²) in [6, 6.07) is 1.22. The Bertz CT molecular complexity index is 383. The maximum absolute atomic E-state index is 13.6. The van der Waals surface area contributed by atoms with Crippen molar-refractivity contribution in [2.75, 3.05) is 0 Å². The Morgan fingerprint density at radius 2 is 1.78 bits per heavy atom. The quantitative estimate of drug-likeness (QED) is 0.877. The van der Waals surface area contributed by atoms with E-state index in [1.54, 1.807) is 6.92 Å². The molecule has 2 nitrogen and oxygen atoms in total. The first-order valence-corrected chi connectivity index (χ1v) is 6.25. The average molecular weight is 345 g/mol. The Balaban J connectivity index is 0.00000289. The third-order valence-electron chi connectivity index (χ3n) is 2.97. The van der Waals surface area contributed by atoms with Crippen molar-refractivity contribution in [1.29, 1.82) is 0 Å². The zero-order valence-corrected chi connectivity index (χ0v) is 12.6. The zero-order chi connectivity index (χ0) is 13.2. The molecule has 0 spiro atoms. The van der Waals surface area contributed by atoms with E-state index in [1.807, 2.05) is 6.92 Å². The predicted octanol–water partition coefficient (Wildman–Crippen LogP) is 3.56. The van der Waals surface area contributed by atoms with Crippen LogP contribution in [0, 0.1) is 17.6 Å². The number of aliphatic hydroxyl groups excluding tert-OH is 1. The fraction of sp³-hybridized carbons (Fsp3) is 0.500. The molecule has 0 aliphatic carbocycles. The van der Waals surface area contributed by atoms with E-state index >= 15 is 0 Å². The second-order valence-electron chi connectivity index (χ2n) is 4.19. The molecule has 0 radical (unpaired) electrons. The lowest BCUT2D eigenvalue weighted by Gasteiger charge is -2.24. The van der Waals surface area contributed by atoms with E-state index in [-0.39, 0.29) is 23.9 Å². The van der Waals surface area contributed by atoms with Gasteiger partial charge in [-0.25, -0.2) is 8.78 Å². The van der Waals surface area contributed by atoms with Crippen LogP contribution in [-0.2, 0) is 0 Å². The van der Waals surface area contributed by atoms with Gasteiger partial charge in [-0.15, -0.1) is 12.4 Å². The summed E-state index contributed by atoms with van der Waals surface area (Å²) in [5, 5.41) is 9.89. The maximum atomic E-state index is 13.6. The second kappa shape index (κ2) is 7.38. The SMILES string of the molecule is CCC(C)[C@H](O)[C@H](N)c1c(F)cc(Br)cc1F.Cl. The summed E-state index contributed by atoms with van der Waals surface area (Å²) >= 11 is 2.99. The van der Waals surface area contributed by atoms with Crippen molar-refractivity contribution < 1.29 is 13.9 Å². The topological polar surface area (TPSA) is 46.2 Å². The van der Waals surface area contributed by atoms with Crippen molar-refractivity contribution in [1.82, 2.24) is 0 Å². The molecule has 104 valence electrons. The summed E-state index contributed by atoms with van der Waals surface area (Å²) in [5.74, 6) is -1.61. The van der Waals surface area contributed by atoms with Crippen molar-refractivity contribution in [2.45, 2.75) is 32.4 Å². The van der Waals surface area contributed by atoms with Crippen LogP contribution in [0.5, 0.6) is 0 Å². The minimum absolute atomic E-state index is 0. The molecule has 1 unspecified atom stereocenters. The van der Waals surface area contributed by atoms with Crippen LogP contribution >= 0.6 is 28.3 Å². The molecule has 0 saturated heterocycles. The number of halogens is 4. The molecular formula is C12H17BrClF2NO. The number of benzene rings is 1. The molecule has 18 heavy (non-hydrogen) atoms. The first kappa shape index (κ1) is 17.8. The van der Waals surface area contributed by atoms with Crippen LogP contribution in [0.4, 0.5) is 8.78 Å². The van der Waals surface area contributed by atoms with Crippen LogP contribution in [0.1, 0.15) is 31.9 Å². The number of aliphatic hydroxyl groups is 1. The van der Waals surface area contributed by atoms with Crippen molar-refractivity contribution in [2.24, 2.45) is 11.7 Å². The third-order valence-corrected chi connectivity index (χ3v) is 3.43. The molecule has 0 bridgehead atoms. The summed E-state index contributed by atoms with van der Waals surface area (Å²) in [7, 11) is 0. The van der Waals surface area contributed by atoms with E-state index in [2.05, 4.69) is 15.9 Å². The number of hydrogen-bond donors (Lipinski definition) is 2. The normalized spacial score (nSPS) is 15.7. The van der Waals surface area contributed by atoms with Gasteiger partial charge >= 0.3 is 0 Å². The van der Waals surface area contributed by atoms with Crippen LogP contribution < -0.4 is 5.73 Å². The van der Waals surface area contributed by atoms with Crippen LogP contribution in [0.2, 0.25) is 0 Å². The van der Waals surface area contributed by atoms with Crippen LogP contribution in [-0.4, -0.2) is 11.2 Å². The number of nitrogens with two attached hydrogens (primary N) is 1. The van der Waals surface area contributed by atoms with Gasteiger partial charge in [0.2, 0.25) is 0 Å². The van der Waals surface area contributed by atoms with Gasteiger partial charge < -0.3 is 10.8 Å². The van der Waals surface area contributed by atoms with Gasteiger partial charge in [0, 0.05) is 10.0 Å². The van der Waals surface area contributed by atoms with E-state index in [4.69, 9.17) is 5.73 Å². The summed E-state index contributed by atoms with van der Waals surface area (Å²) in [4.78, 5) is 0. The lowest BCUT2D eigenvalue weighted by Crippen LogP contribution is -2.33. The molecule has 6 heteroatoms. The van der Waals surface area contributed by atoms with E-state index in [1.165, 1.54) is 0 Å². The molecule has 1 rings (SSSR count). The van der Waals surface area contributed by atoms with E-state index in [0.717, 1.165) is 12.1 Å². The van der Waals surface area contributed by atoms with Gasteiger partial charge in [0.05, 0.1) is 12.1 Å². The second-order valence-corrected chi connectivity index (χ2v) is 5.10. The minimum Gasteiger partial charge on any atom is -0.391 e. The van der Waals surface area contributed by atoms with E-state index in [9.17, 15) is 13.9 Å². The molecule has 0 fully saturated rings. The summed E-state index contributed by atoms with van der Waals surface area (Å²) in [6.45, 7) is 3.67. The lowest BCUT2D eigenvalue weighted by molar-refractivity contribution is 0.0854. The van der Waals surface area contributed by atoms with E-state index in [0.29, 0.717) is 10.9 Å². The molecule has 0 aliphatic rings. The zero-order valence-electron chi connectivity index (χ0n) is 10.2. The average Bonchev–Trinajstić information content (AvgIpc) is 2.25. The van der Waals surface area contributed by atoms with Gasteiger partial charge in [0.25, 0.3) is 0 Å². The van der Waals surface area contributed by atoms with Crippen molar-refractivity contribution in [3.63, 3.8) is 0 Å². The molecular weight excluding hydrogens is 327 g/mol. The van der Waals surface area contributed by atoms with Gasteiger partial charge in [0.15, 0.2) is 0 Å². The maximum Gasteiger partial charge on any atom is 0.132 e. The highest BCUT2D eigenvalue weighted by molar-refractivity contribution is 9.10. The van der Waals surface area contributed by atoms with Gasteiger partial charge in [-0.05, 0) is 18.1 Å². The van der Waals surface area contributed by atoms with Crippen LogP contribution in [0.3, 0.4) is 0 Å². The highest BCUT2D eigenvalue weighted by Crippen LogP contribution is 2.28. The number of rotatable bonds is 4. The van der Waals surface area contributed by atoms with Crippen LogP contribution in [0.15, 0.2) is 16.6 Å². The third kappa shape index (κ3) is 3.88. The van der Waals surface area contributed by atoms with Gasteiger partial charge in [-0.1, -0.05) is 36.2 Å². The Kier molecular flexibility index (Phi) is 7.29. The first-order valence-electron chi connectivity index (χ1n) is 5.46. The summed E-state index contributed by atoms with van der Waals surface area (Å²) in [5.41, 5.74) is 5.46. The Morgan fingerprint density at radius 3 is 2.17 bits per heavy atom. The Labute approximate surface area is 120 Å². The van der Waals surface area contributed by atoms with Gasteiger partial charge in [-0.3, -0.25) is 0 Å². The van der Waals surface area contributed by atoms with Crippen LogP contribution in [0.25, 0.3) is 0 Å². The molecule has 1 aromatic carbocycles. The molecule has 0 aliphatic heterocycles. The predicted molar refractivity (Wildman–Crippen MR) is 73.7 cm³/mol.